The molecule has 0 aromatic heterocycles. The van der Waals surface area contributed by atoms with Crippen molar-refractivity contribution in [2.75, 3.05) is 6.61 Å². The minimum absolute atomic E-state index is 0.236. The van der Waals surface area contributed by atoms with E-state index in [0.717, 1.165) is 38.0 Å². The van der Waals surface area contributed by atoms with Gasteiger partial charge in [0.25, 0.3) is 0 Å². The Balaban J connectivity index is 1.94. The number of hydrogen-bond acceptors (Lipinski definition) is 2. The Hall–Kier alpha value is -1.02. The SMILES string of the molecule is CCC(C)(C)C(N)CCc1ccc2c(c1)CCO2. The highest BCUT2D eigenvalue weighted by molar-refractivity contribution is 5.39. The Kier molecular flexibility index (Phi) is 3.96. The van der Waals surface area contributed by atoms with E-state index in [4.69, 9.17) is 10.5 Å². The minimum Gasteiger partial charge on any atom is -0.493 e. The lowest BCUT2D eigenvalue weighted by atomic mass is 9.80. The van der Waals surface area contributed by atoms with E-state index in [1.165, 1.54) is 11.1 Å². The summed E-state index contributed by atoms with van der Waals surface area (Å²) in [5.74, 6) is 1.07. The van der Waals surface area contributed by atoms with Crippen LogP contribution in [0.4, 0.5) is 0 Å². The predicted molar refractivity (Wildman–Crippen MR) is 76.0 cm³/mol. The van der Waals surface area contributed by atoms with E-state index < -0.39 is 0 Å². The molecule has 0 spiro atoms. The van der Waals surface area contributed by atoms with E-state index in [-0.39, 0.29) is 11.5 Å². The van der Waals surface area contributed by atoms with Crippen LogP contribution in [0.1, 0.15) is 44.7 Å². The van der Waals surface area contributed by atoms with E-state index in [0.29, 0.717) is 0 Å². The van der Waals surface area contributed by atoms with Gasteiger partial charge in [0.2, 0.25) is 0 Å². The lowest BCUT2D eigenvalue weighted by molar-refractivity contribution is 0.263. The highest BCUT2D eigenvalue weighted by Gasteiger charge is 2.24. The Morgan fingerprint density at radius 2 is 2.17 bits per heavy atom. The quantitative estimate of drug-likeness (QED) is 0.866. The van der Waals surface area contributed by atoms with Gasteiger partial charge in [-0.2, -0.15) is 0 Å². The Morgan fingerprint density at radius 3 is 2.89 bits per heavy atom. The fourth-order valence-corrected chi connectivity index (χ4v) is 2.37. The number of benzene rings is 1. The molecule has 0 saturated carbocycles. The molecule has 1 aromatic rings. The zero-order valence-electron chi connectivity index (χ0n) is 11.8. The smallest absolute Gasteiger partial charge is 0.122 e. The summed E-state index contributed by atoms with van der Waals surface area (Å²) in [5.41, 5.74) is 9.28. The van der Waals surface area contributed by atoms with Crippen molar-refractivity contribution in [3.05, 3.63) is 29.3 Å². The van der Waals surface area contributed by atoms with Crippen LogP contribution >= 0.6 is 0 Å². The second kappa shape index (κ2) is 5.31. The molecule has 0 fully saturated rings. The van der Waals surface area contributed by atoms with Crippen molar-refractivity contribution < 1.29 is 4.74 Å². The molecular formula is C16H25NO. The molecule has 18 heavy (non-hydrogen) atoms. The Bertz CT molecular complexity index is 412. The molecule has 2 rings (SSSR count). The Labute approximate surface area is 111 Å². The van der Waals surface area contributed by atoms with Gasteiger partial charge in [0.05, 0.1) is 6.61 Å². The monoisotopic (exact) mass is 247 g/mol. The molecule has 0 radical (unpaired) electrons. The van der Waals surface area contributed by atoms with Crippen molar-refractivity contribution in [2.24, 2.45) is 11.1 Å². The second-order valence-electron chi connectivity index (χ2n) is 6.03. The molecule has 2 heteroatoms. The van der Waals surface area contributed by atoms with E-state index in [9.17, 15) is 0 Å². The number of rotatable bonds is 5. The third kappa shape index (κ3) is 2.86. The maximum absolute atomic E-state index is 6.30. The van der Waals surface area contributed by atoms with Crippen molar-refractivity contribution in [2.45, 2.75) is 52.5 Å². The van der Waals surface area contributed by atoms with Gasteiger partial charge >= 0.3 is 0 Å². The first-order chi connectivity index (χ1) is 8.53. The summed E-state index contributed by atoms with van der Waals surface area (Å²) >= 11 is 0. The molecule has 1 aliphatic heterocycles. The first-order valence-corrected chi connectivity index (χ1v) is 7.03. The van der Waals surface area contributed by atoms with Gasteiger partial charge in [-0.3, -0.25) is 0 Å². The lowest BCUT2D eigenvalue weighted by Gasteiger charge is -2.30. The van der Waals surface area contributed by atoms with Crippen LogP contribution in [0.2, 0.25) is 0 Å². The zero-order chi connectivity index (χ0) is 13.2. The molecule has 1 unspecified atom stereocenters. The summed E-state index contributed by atoms with van der Waals surface area (Å²) < 4.78 is 5.53. The van der Waals surface area contributed by atoms with E-state index >= 15 is 0 Å². The standard InChI is InChI=1S/C16H25NO/c1-4-16(2,3)15(17)8-6-12-5-7-14-13(11-12)9-10-18-14/h5,7,11,15H,4,6,8-10,17H2,1-3H3. The number of ether oxygens (including phenoxy) is 1. The van der Waals surface area contributed by atoms with Gasteiger partial charge in [-0.15, -0.1) is 0 Å². The predicted octanol–water partition coefficient (Wildman–Crippen LogP) is 3.32. The maximum atomic E-state index is 6.30. The molecular weight excluding hydrogens is 222 g/mol. The molecule has 2 nitrogen and oxygen atoms in total. The molecule has 0 aliphatic carbocycles. The number of fused-ring (bicyclic) bond motifs is 1. The van der Waals surface area contributed by atoms with Crippen LogP contribution in [-0.4, -0.2) is 12.6 Å². The molecule has 0 amide bonds. The summed E-state index contributed by atoms with van der Waals surface area (Å²) in [4.78, 5) is 0. The molecule has 1 aliphatic rings. The van der Waals surface area contributed by atoms with Gasteiger partial charge in [0.1, 0.15) is 5.75 Å². The van der Waals surface area contributed by atoms with Crippen LogP contribution in [-0.2, 0) is 12.8 Å². The number of hydrogen-bond donors (Lipinski definition) is 1. The summed E-state index contributed by atoms with van der Waals surface area (Å²) in [6, 6.07) is 6.84. The van der Waals surface area contributed by atoms with Gasteiger partial charge < -0.3 is 10.5 Å². The van der Waals surface area contributed by atoms with Crippen LogP contribution < -0.4 is 10.5 Å². The second-order valence-corrected chi connectivity index (χ2v) is 6.03. The number of nitrogens with two attached hydrogens (primary N) is 1. The van der Waals surface area contributed by atoms with Crippen LogP contribution in [0.3, 0.4) is 0 Å². The molecule has 100 valence electrons. The van der Waals surface area contributed by atoms with Crippen LogP contribution in [0.5, 0.6) is 5.75 Å². The third-order valence-electron chi connectivity index (χ3n) is 4.41. The molecule has 0 bridgehead atoms. The third-order valence-corrected chi connectivity index (χ3v) is 4.41. The van der Waals surface area contributed by atoms with Crippen LogP contribution in [0, 0.1) is 5.41 Å². The van der Waals surface area contributed by atoms with E-state index in [1.54, 1.807) is 0 Å². The summed E-state index contributed by atoms with van der Waals surface area (Å²) in [6.45, 7) is 7.57. The molecule has 1 atom stereocenters. The fraction of sp³-hybridized carbons (Fsp3) is 0.625. The fourth-order valence-electron chi connectivity index (χ4n) is 2.37. The molecule has 1 aromatic carbocycles. The van der Waals surface area contributed by atoms with Crippen LogP contribution in [0.25, 0.3) is 0 Å². The topological polar surface area (TPSA) is 35.2 Å². The lowest BCUT2D eigenvalue weighted by Crippen LogP contribution is -2.37. The first-order valence-electron chi connectivity index (χ1n) is 7.03. The van der Waals surface area contributed by atoms with Crippen molar-refractivity contribution in [1.82, 2.24) is 0 Å². The maximum Gasteiger partial charge on any atom is 0.122 e. The van der Waals surface area contributed by atoms with Crippen molar-refractivity contribution in [3.8, 4) is 5.75 Å². The molecule has 0 saturated heterocycles. The average molecular weight is 247 g/mol. The van der Waals surface area contributed by atoms with Gasteiger partial charge in [-0.1, -0.05) is 32.9 Å². The zero-order valence-corrected chi connectivity index (χ0v) is 11.8. The van der Waals surface area contributed by atoms with Crippen molar-refractivity contribution >= 4 is 0 Å². The molecule has 1 heterocycles. The van der Waals surface area contributed by atoms with E-state index in [1.807, 2.05) is 0 Å². The van der Waals surface area contributed by atoms with Gasteiger partial charge in [0.15, 0.2) is 0 Å². The largest absolute Gasteiger partial charge is 0.493 e. The van der Waals surface area contributed by atoms with Crippen molar-refractivity contribution in [1.29, 1.82) is 0 Å². The van der Waals surface area contributed by atoms with Gasteiger partial charge in [-0.25, -0.2) is 0 Å². The van der Waals surface area contributed by atoms with Gasteiger partial charge in [-0.05, 0) is 41.9 Å². The average Bonchev–Trinajstić information content (AvgIpc) is 2.83. The van der Waals surface area contributed by atoms with E-state index in [2.05, 4.69) is 39.0 Å². The number of aryl methyl sites for hydroxylation is 1. The summed E-state index contributed by atoms with van der Waals surface area (Å²) in [7, 11) is 0. The van der Waals surface area contributed by atoms with Crippen LogP contribution in [0.15, 0.2) is 18.2 Å². The first kappa shape index (κ1) is 13.4. The highest BCUT2D eigenvalue weighted by Crippen LogP contribution is 2.29. The van der Waals surface area contributed by atoms with Gasteiger partial charge in [0, 0.05) is 12.5 Å². The minimum atomic E-state index is 0.236. The summed E-state index contributed by atoms with van der Waals surface area (Å²) in [6.07, 6.45) is 4.31. The Morgan fingerprint density at radius 1 is 1.39 bits per heavy atom. The summed E-state index contributed by atoms with van der Waals surface area (Å²) in [5, 5.41) is 0. The normalized spacial score (nSPS) is 16.2. The molecule has 2 N–H and O–H groups in total. The van der Waals surface area contributed by atoms with Crippen molar-refractivity contribution in [3.63, 3.8) is 0 Å². The highest BCUT2D eigenvalue weighted by atomic mass is 16.5.